The molecule has 0 aliphatic rings. The zero-order valence-corrected chi connectivity index (χ0v) is 9.16. The third kappa shape index (κ3) is 21.9. The molecule has 0 N–H and O–H groups in total. The van der Waals surface area contributed by atoms with Crippen molar-refractivity contribution in [1.82, 2.24) is 0 Å². The molecule has 0 bridgehead atoms. The molecule has 4 heteroatoms. The largest absolute Gasteiger partial charge is 0.748 e. The van der Waals surface area contributed by atoms with Crippen LogP contribution >= 0.6 is 0 Å². The highest BCUT2D eigenvalue weighted by Gasteiger charge is 2.40. The van der Waals surface area contributed by atoms with Crippen LogP contribution in [0.1, 0.15) is 130 Å². The molecule has 3 nitrogen and oxygen atoms in total. The van der Waals surface area contributed by atoms with E-state index in [1.807, 2.05) is 6.92 Å². The third-order valence-corrected chi connectivity index (χ3v) is 4.94. The summed E-state index contributed by atoms with van der Waals surface area (Å²) >= 11 is 0. The van der Waals surface area contributed by atoms with Gasteiger partial charge in [0.1, 0.15) is 10.1 Å². The lowest BCUT2D eigenvalue weighted by atomic mass is 9.78. The Morgan fingerprint density at radius 1 is 0.625 bits per heavy atom. The Morgan fingerprint density at radius 2 is 0.792 bits per heavy atom. The van der Waals surface area contributed by atoms with Crippen molar-refractivity contribution in [1.29, 1.82) is 0 Å². The fraction of sp³-hybridized carbons (Fsp3) is 1.00. The fourth-order valence-electron chi connectivity index (χ4n) is 0.764. The lowest BCUT2D eigenvalue weighted by molar-refractivity contribution is 0.241. The zero-order valence-electron chi connectivity index (χ0n) is 8.34. The third-order valence-electron chi connectivity index (χ3n) is 3.14. The maximum Gasteiger partial charge on any atom is 0.100 e. The molecule has 0 atom stereocenters. The normalized spacial score (nSPS) is 7.42. The minimum atomic E-state index is -4.22. The van der Waals surface area contributed by atoms with E-state index in [-0.39, 0.29) is 89.1 Å². The second-order valence-electron chi connectivity index (χ2n) is 4.20. The van der Waals surface area contributed by atoms with Crippen LogP contribution in [0.5, 0.6) is 0 Å². The Kier molecular flexibility index (Phi) is 135. The molecular formula is C20H65O3S-. The Bertz CT molecular complexity index is 254. The van der Waals surface area contributed by atoms with E-state index in [0.717, 1.165) is 0 Å². The van der Waals surface area contributed by atoms with Crippen LogP contribution in [0.3, 0.4) is 0 Å². The van der Waals surface area contributed by atoms with E-state index < -0.39 is 20.3 Å². The molecule has 0 spiro atoms. The van der Waals surface area contributed by atoms with Crippen LogP contribution < -0.4 is 0 Å². The summed E-state index contributed by atoms with van der Waals surface area (Å²) in [4.78, 5) is 0. The Hall–Kier alpha value is -0.0900. The van der Waals surface area contributed by atoms with Crippen molar-refractivity contribution in [3.63, 3.8) is 0 Å². The molecule has 0 unspecified atom stereocenters. The van der Waals surface area contributed by atoms with Crippen molar-refractivity contribution in [2.45, 2.75) is 135 Å². The van der Waals surface area contributed by atoms with Crippen molar-refractivity contribution >= 4 is 10.1 Å². The number of hydrogen-bond acceptors (Lipinski definition) is 3. The monoisotopic (exact) mass is 385 g/mol. The first-order chi connectivity index (χ1) is 5.06. The molecule has 0 radical (unpaired) electrons. The minimum absolute atomic E-state index is 0. The fourth-order valence-corrected chi connectivity index (χ4v) is 1.59. The Balaban J connectivity index is -0.00000000917. The summed E-state index contributed by atoms with van der Waals surface area (Å²) in [6.07, 6.45) is 0.668. The van der Waals surface area contributed by atoms with E-state index in [0.29, 0.717) is 6.42 Å². The van der Waals surface area contributed by atoms with Crippen molar-refractivity contribution in [3.05, 3.63) is 0 Å². The SMILES string of the molecule is C.C.C.C.C.C.C.C.C.C.C.C.CCC(C)(C)C(C)(C)S(=O)(=O)[O-]. The van der Waals surface area contributed by atoms with Gasteiger partial charge < -0.3 is 4.55 Å². The van der Waals surface area contributed by atoms with Crippen LogP contribution in [-0.4, -0.2) is 17.7 Å². The first-order valence-corrected chi connectivity index (χ1v) is 5.42. The van der Waals surface area contributed by atoms with E-state index in [4.69, 9.17) is 0 Å². The molecule has 0 aliphatic heterocycles. The summed E-state index contributed by atoms with van der Waals surface area (Å²) in [6.45, 7) is 8.44. The lowest BCUT2D eigenvalue weighted by Crippen LogP contribution is -2.45. The smallest absolute Gasteiger partial charge is 0.100 e. The van der Waals surface area contributed by atoms with Crippen molar-refractivity contribution in [3.8, 4) is 0 Å². The molecule has 0 aromatic carbocycles. The summed E-state index contributed by atoms with van der Waals surface area (Å²) in [5.74, 6) is 0. The molecule has 24 heavy (non-hydrogen) atoms. The average molecular weight is 386 g/mol. The summed E-state index contributed by atoms with van der Waals surface area (Å²) in [5, 5.41) is 0. The summed E-state index contributed by atoms with van der Waals surface area (Å²) in [5.41, 5.74) is -0.479. The van der Waals surface area contributed by atoms with Gasteiger partial charge in [-0.3, -0.25) is 0 Å². The standard InChI is InChI=1S/C8H18O3S.12CH4/c1-6-7(2,3)8(4,5)12(9,10)11;;;;;;;;;;;;/h6H2,1-5H3,(H,9,10,11);12*1H4/p-1. The maximum absolute atomic E-state index is 10.9. The molecular weight excluding hydrogens is 320 g/mol. The molecule has 0 aliphatic carbocycles. The average Bonchev–Trinajstić information content (AvgIpc) is 1.85. The number of rotatable bonds is 3. The van der Waals surface area contributed by atoms with Crippen molar-refractivity contribution < 1.29 is 13.0 Å². The topological polar surface area (TPSA) is 57.2 Å². The molecule has 0 saturated carbocycles. The zero-order chi connectivity index (χ0) is 10.2. The quantitative estimate of drug-likeness (QED) is 0.454. The highest BCUT2D eigenvalue weighted by molar-refractivity contribution is 7.87. The van der Waals surface area contributed by atoms with E-state index in [2.05, 4.69) is 0 Å². The van der Waals surface area contributed by atoms with Crippen molar-refractivity contribution in [2.24, 2.45) is 5.41 Å². The molecule has 0 saturated heterocycles. The van der Waals surface area contributed by atoms with E-state index >= 15 is 0 Å². The summed E-state index contributed by atoms with van der Waals surface area (Å²) in [7, 11) is -4.22. The predicted octanol–water partition coefficient (Wildman–Crippen LogP) is 9.38. The van der Waals surface area contributed by atoms with E-state index in [1.54, 1.807) is 13.8 Å². The van der Waals surface area contributed by atoms with Gasteiger partial charge >= 0.3 is 0 Å². The van der Waals surface area contributed by atoms with Gasteiger partial charge in [-0.15, -0.1) is 0 Å². The first kappa shape index (κ1) is 105. The summed E-state index contributed by atoms with van der Waals surface area (Å²) in [6, 6.07) is 0. The second-order valence-corrected chi connectivity index (χ2v) is 6.13. The molecule has 0 rings (SSSR count). The van der Waals surface area contributed by atoms with Gasteiger partial charge in [0.15, 0.2) is 0 Å². The van der Waals surface area contributed by atoms with E-state index in [1.165, 1.54) is 13.8 Å². The molecule has 170 valence electrons. The van der Waals surface area contributed by atoms with Crippen LogP contribution in [0, 0.1) is 5.41 Å². The highest BCUT2D eigenvalue weighted by atomic mass is 32.2. The molecule has 0 heterocycles. The molecule has 0 fully saturated rings. The van der Waals surface area contributed by atoms with Gasteiger partial charge in [-0.25, -0.2) is 8.42 Å². The van der Waals surface area contributed by atoms with Gasteiger partial charge in [0.2, 0.25) is 0 Å². The van der Waals surface area contributed by atoms with Crippen molar-refractivity contribution in [2.75, 3.05) is 0 Å². The minimum Gasteiger partial charge on any atom is -0.748 e. The van der Waals surface area contributed by atoms with Gasteiger partial charge in [0.25, 0.3) is 0 Å². The molecule has 0 amide bonds. The maximum atomic E-state index is 10.9. The van der Waals surface area contributed by atoms with Gasteiger partial charge in [0.05, 0.1) is 4.75 Å². The van der Waals surface area contributed by atoms with Gasteiger partial charge in [-0.05, 0) is 25.7 Å². The highest BCUT2D eigenvalue weighted by Crippen LogP contribution is 2.38. The second kappa shape index (κ2) is 30.8. The van der Waals surface area contributed by atoms with Crippen LogP contribution in [0.25, 0.3) is 0 Å². The molecule has 0 aromatic rings. The predicted molar refractivity (Wildman–Crippen MR) is 129 cm³/mol. The lowest BCUT2D eigenvalue weighted by Gasteiger charge is -2.42. The first-order valence-electron chi connectivity index (χ1n) is 4.01. The Labute approximate surface area is 163 Å². The van der Waals surface area contributed by atoms with Crippen LogP contribution in [0.2, 0.25) is 0 Å². The Morgan fingerprint density at radius 3 is 0.833 bits per heavy atom. The number of hydrogen-bond donors (Lipinski definition) is 0. The molecule has 0 aromatic heterocycles. The van der Waals surface area contributed by atoms with E-state index in [9.17, 15) is 13.0 Å². The van der Waals surface area contributed by atoms with Gasteiger partial charge in [0, 0.05) is 0 Å². The van der Waals surface area contributed by atoms with Crippen LogP contribution in [0.15, 0.2) is 0 Å². The van der Waals surface area contributed by atoms with Crippen LogP contribution in [-0.2, 0) is 10.1 Å². The summed E-state index contributed by atoms with van der Waals surface area (Å²) < 4.78 is 31.5. The van der Waals surface area contributed by atoms with Crippen LogP contribution in [0.4, 0.5) is 0 Å². The van der Waals surface area contributed by atoms with Gasteiger partial charge in [-0.2, -0.15) is 0 Å². The van der Waals surface area contributed by atoms with Gasteiger partial charge in [-0.1, -0.05) is 110 Å².